The Bertz CT molecular complexity index is 901. The number of benzene rings is 1. The van der Waals surface area contributed by atoms with Gasteiger partial charge in [0.2, 0.25) is 15.8 Å². The average molecular weight is 380 g/mol. The van der Waals surface area contributed by atoms with Gasteiger partial charge >= 0.3 is 11.9 Å². The highest BCUT2D eigenvalue weighted by molar-refractivity contribution is 7.89. The number of sulfonamides is 1. The van der Waals surface area contributed by atoms with Gasteiger partial charge in [-0.05, 0) is 24.3 Å². The van der Waals surface area contributed by atoms with Crippen LogP contribution in [0, 0.1) is 0 Å². The van der Waals surface area contributed by atoms with E-state index >= 15 is 0 Å². The van der Waals surface area contributed by atoms with Gasteiger partial charge in [0.1, 0.15) is 5.75 Å². The van der Waals surface area contributed by atoms with Crippen molar-refractivity contribution in [1.29, 1.82) is 0 Å². The van der Waals surface area contributed by atoms with Gasteiger partial charge in [-0.15, -0.1) is 5.10 Å². The minimum Gasteiger partial charge on any atom is -0.497 e. The Morgan fingerprint density at radius 3 is 2.32 bits per heavy atom. The second-order valence-corrected chi connectivity index (χ2v) is 6.73. The predicted molar refractivity (Wildman–Crippen MR) is 80.7 cm³/mol. The van der Waals surface area contributed by atoms with Gasteiger partial charge in [0.05, 0.1) is 18.6 Å². The van der Waals surface area contributed by atoms with E-state index in [0.29, 0.717) is 15.0 Å². The molecule has 138 valence electrons. The van der Waals surface area contributed by atoms with Crippen LogP contribution >= 0.6 is 0 Å². The Morgan fingerprint density at radius 1 is 1.24 bits per heavy atom. The summed E-state index contributed by atoms with van der Waals surface area (Å²) in [5.41, 5.74) is -0.990. The zero-order chi connectivity index (χ0) is 18.8. The van der Waals surface area contributed by atoms with Crippen LogP contribution in [0.4, 0.5) is 13.2 Å². The number of halogens is 3. The first kappa shape index (κ1) is 19.0. The van der Waals surface area contributed by atoms with Gasteiger partial charge in [-0.1, -0.05) is 0 Å². The second kappa shape index (κ2) is 6.88. The molecule has 2 rings (SSSR count). The molecule has 0 bridgehead atoms. The summed E-state index contributed by atoms with van der Waals surface area (Å²) in [4.78, 5) is 11.7. The lowest BCUT2D eigenvalue weighted by molar-refractivity contribution is -0.147. The van der Waals surface area contributed by atoms with E-state index < -0.39 is 27.7 Å². The SMILES string of the molecule is COc1ccc(S(=O)(=O)NCCn2nc(C(F)(F)F)n(C)c2=O)cc1. The third-order valence-corrected chi connectivity index (χ3v) is 4.76. The van der Waals surface area contributed by atoms with Gasteiger partial charge in [0, 0.05) is 13.6 Å². The minimum atomic E-state index is -4.78. The number of ether oxygens (including phenoxy) is 1. The van der Waals surface area contributed by atoms with Gasteiger partial charge in [0.15, 0.2) is 0 Å². The molecule has 1 N–H and O–H groups in total. The molecule has 0 aliphatic rings. The highest BCUT2D eigenvalue weighted by Gasteiger charge is 2.37. The molecule has 12 heteroatoms. The van der Waals surface area contributed by atoms with Crippen molar-refractivity contribution in [1.82, 2.24) is 19.1 Å². The number of hydrogen-bond acceptors (Lipinski definition) is 5. The van der Waals surface area contributed by atoms with Crippen molar-refractivity contribution in [3.8, 4) is 5.75 Å². The van der Waals surface area contributed by atoms with Crippen molar-refractivity contribution < 1.29 is 26.3 Å². The first-order valence-electron chi connectivity index (χ1n) is 6.91. The first-order valence-corrected chi connectivity index (χ1v) is 8.39. The highest BCUT2D eigenvalue weighted by atomic mass is 32.2. The predicted octanol–water partition coefficient (Wildman–Crippen LogP) is 0.588. The lowest BCUT2D eigenvalue weighted by atomic mass is 10.3. The molecule has 0 unspecified atom stereocenters. The summed E-state index contributed by atoms with van der Waals surface area (Å²) in [6.45, 7) is -0.652. The van der Waals surface area contributed by atoms with E-state index in [1.54, 1.807) is 0 Å². The molecule has 8 nitrogen and oxygen atoms in total. The van der Waals surface area contributed by atoms with Crippen molar-refractivity contribution in [2.45, 2.75) is 17.6 Å². The molecule has 1 heterocycles. The molecule has 0 spiro atoms. The van der Waals surface area contributed by atoms with Gasteiger partial charge < -0.3 is 4.74 Å². The topological polar surface area (TPSA) is 95.2 Å². The highest BCUT2D eigenvalue weighted by Crippen LogP contribution is 2.25. The summed E-state index contributed by atoms with van der Waals surface area (Å²) in [5.74, 6) is -0.880. The van der Waals surface area contributed by atoms with Crippen molar-refractivity contribution in [3.05, 3.63) is 40.6 Å². The largest absolute Gasteiger partial charge is 0.497 e. The van der Waals surface area contributed by atoms with Gasteiger partial charge in [-0.3, -0.25) is 4.57 Å². The third kappa shape index (κ3) is 4.20. The van der Waals surface area contributed by atoms with Crippen LogP contribution in [-0.4, -0.2) is 36.4 Å². The van der Waals surface area contributed by atoms with Crippen molar-refractivity contribution in [2.75, 3.05) is 13.7 Å². The van der Waals surface area contributed by atoms with Crippen molar-refractivity contribution >= 4 is 10.0 Å². The maximum absolute atomic E-state index is 12.7. The molecule has 2 aromatic rings. The van der Waals surface area contributed by atoms with Crippen LogP contribution < -0.4 is 15.1 Å². The first-order chi connectivity index (χ1) is 11.6. The molecular weight excluding hydrogens is 365 g/mol. The minimum absolute atomic E-state index is 0.0438. The molecule has 1 aromatic carbocycles. The molecule has 0 saturated carbocycles. The summed E-state index contributed by atoms with van der Waals surface area (Å²) in [6, 6.07) is 5.53. The number of nitrogens with zero attached hydrogens (tertiary/aromatic N) is 3. The van der Waals surface area contributed by atoms with Crippen LogP contribution in [0.1, 0.15) is 5.82 Å². The van der Waals surface area contributed by atoms with E-state index in [1.807, 2.05) is 0 Å². The fraction of sp³-hybridized carbons (Fsp3) is 0.385. The quantitative estimate of drug-likeness (QED) is 0.791. The Labute approximate surface area is 140 Å². The number of methoxy groups -OCH3 is 1. The number of aromatic nitrogens is 3. The Kier molecular flexibility index (Phi) is 5.23. The molecule has 1 aromatic heterocycles. The maximum Gasteiger partial charge on any atom is 0.451 e. The zero-order valence-electron chi connectivity index (χ0n) is 13.2. The van der Waals surface area contributed by atoms with Gasteiger partial charge in [-0.2, -0.15) is 13.2 Å². The molecule has 0 atom stereocenters. The van der Waals surface area contributed by atoms with E-state index in [1.165, 1.54) is 31.4 Å². The zero-order valence-corrected chi connectivity index (χ0v) is 14.1. The van der Waals surface area contributed by atoms with Gasteiger partial charge in [0.25, 0.3) is 0 Å². The summed E-state index contributed by atoms with van der Waals surface area (Å²) in [6.07, 6.45) is -4.78. The molecule has 0 aliphatic heterocycles. The average Bonchev–Trinajstić information content (AvgIpc) is 2.83. The summed E-state index contributed by atoms with van der Waals surface area (Å²) in [7, 11) is -1.50. The Balaban J connectivity index is 2.08. The van der Waals surface area contributed by atoms with E-state index in [0.717, 1.165) is 7.05 Å². The van der Waals surface area contributed by atoms with Crippen LogP contribution in [0.5, 0.6) is 5.75 Å². The summed E-state index contributed by atoms with van der Waals surface area (Å²) >= 11 is 0. The molecule has 0 saturated heterocycles. The monoisotopic (exact) mass is 380 g/mol. The third-order valence-electron chi connectivity index (χ3n) is 3.28. The number of rotatable bonds is 6. The summed E-state index contributed by atoms with van der Waals surface area (Å²) < 4.78 is 70.3. The van der Waals surface area contributed by atoms with Crippen molar-refractivity contribution in [2.24, 2.45) is 7.05 Å². The molecule has 0 radical (unpaired) electrons. The van der Waals surface area contributed by atoms with E-state index in [2.05, 4.69) is 9.82 Å². The number of hydrogen-bond donors (Lipinski definition) is 1. The van der Waals surface area contributed by atoms with Gasteiger partial charge in [-0.25, -0.2) is 22.6 Å². The van der Waals surface area contributed by atoms with Crippen LogP contribution in [0.2, 0.25) is 0 Å². The Hall–Kier alpha value is -2.34. The standard InChI is InChI=1S/C13H15F3N4O4S/c1-19-11(13(14,15)16)18-20(12(19)21)8-7-17-25(22,23)10-5-3-9(24-2)4-6-10/h3-6,17H,7-8H2,1-2H3. The molecule has 0 amide bonds. The lowest BCUT2D eigenvalue weighted by Gasteiger charge is -2.07. The number of nitrogens with one attached hydrogen (secondary N) is 1. The van der Waals surface area contributed by atoms with Crippen LogP contribution in [0.3, 0.4) is 0 Å². The smallest absolute Gasteiger partial charge is 0.451 e. The van der Waals surface area contributed by atoms with E-state index in [-0.39, 0.29) is 18.0 Å². The Morgan fingerprint density at radius 2 is 1.84 bits per heavy atom. The molecular formula is C13H15F3N4O4S. The lowest BCUT2D eigenvalue weighted by Crippen LogP contribution is -2.31. The molecule has 25 heavy (non-hydrogen) atoms. The fourth-order valence-corrected chi connectivity index (χ4v) is 3.03. The molecule has 0 fully saturated rings. The van der Waals surface area contributed by atoms with E-state index in [9.17, 15) is 26.4 Å². The molecule has 0 aliphatic carbocycles. The van der Waals surface area contributed by atoms with Crippen LogP contribution in [-0.2, 0) is 29.8 Å². The van der Waals surface area contributed by atoms with Crippen LogP contribution in [0.25, 0.3) is 0 Å². The fourth-order valence-electron chi connectivity index (χ4n) is 2.00. The maximum atomic E-state index is 12.7. The normalized spacial score (nSPS) is 12.4. The number of alkyl halides is 3. The van der Waals surface area contributed by atoms with E-state index in [4.69, 9.17) is 4.74 Å². The van der Waals surface area contributed by atoms with Crippen LogP contribution in [0.15, 0.2) is 34.0 Å². The van der Waals surface area contributed by atoms with Crippen molar-refractivity contribution in [3.63, 3.8) is 0 Å². The summed E-state index contributed by atoms with van der Waals surface area (Å²) in [5, 5.41) is 3.19. The second-order valence-electron chi connectivity index (χ2n) is 4.96.